The monoisotopic (exact) mass is 311 g/mol. The van der Waals surface area contributed by atoms with E-state index in [2.05, 4.69) is 4.74 Å². The first-order chi connectivity index (χ1) is 10.3. The molecule has 118 valence electrons. The molecule has 3 nitrogen and oxygen atoms in total. The Morgan fingerprint density at radius 1 is 0.955 bits per heavy atom. The van der Waals surface area contributed by atoms with Crippen molar-refractivity contribution >= 4 is 0 Å². The van der Waals surface area contributed by atoms with E-state index in [4.69, 9.17) is 10.5 Å². The number of hydrogen-bond donors (Lipinski definition) is 1. The van der Waals surface area contributed by atoms with Crippen LogP contribution < -0.4 is 15.2 Å². The predicted molar refractivity (Wildman–Crippen MR) is 76.5 cm³/mol. The van der Waals surface area contributed by atoms with Crippen LogP contribution in [-0.2, 0) is 6.61 Å². The second kappa shape index (κ2) is 6.70. The molecule has 0 saturated carbocycles. The second-order valence-corrected chi connectivity index (χ2v) is 4.84. The normalized spacial score (nSPS) is 12.8. The highest BCUT2D eigenvalue weighted by molar-refractivity contribution is 5.30. The van der Waals surface area contributed by atoms with Crippen molar-refractivity contribution in [2.75, 3.05) is 0 Å². The van der Waals surface area contributed by atoms with Crippen LogP contribution in [0, 0.1) is 0 Å². The summed E-state index contributed by atoms with van der Waals surface area (Å²) in [6.07, 6.45) is -4.68. The average Bonchev–Trinajstić information content (AvgIpc) is 2.45. The van der Waals surface area contributed by atoms with Gasteiger partial charge in [0.1, 0.15) is 18.1 Å². The van der Waals surface area contributed by atoms with E-state index in [1.807, 2.05) is 19.1 Å². The summed E-state index contributed by atoms with van der Waals surface area (Å²) >= 11 is 0. The molecule has 0 aliphatic carbocycles. The molecule has 2 aromatic rings. The number of halogens is 3. The highest BCUT2D eigenvalue weighted by Crippen LogP contribution is 2.23. The lowest BCUT2D eigenvalue weighted by Gasteiger charge is -2.11. The maximum atomic E-state index is 12.0. The van der Waals surface area contributed by atoms with Gasteiger partial charge in [-0.25, -0.2) is 0 Å². The molecule has 0 aliphatic heterocycles. The first-order valence-electron chi connectivity index (χ1n) is 6.66. The highest BCUT2D eigenvalue weighted by atomic mass is 19.4. The molecular weight excluding hydrogens is 295 g/mol. The maximum absolute atomic E-state index is 12.0. The van der Waals surface area contributed by atoms with Crippen molar-refractivity contribution in [3.63, 3.8) is 0 Å². The topological polar surface area (TPSA) is 44.5 Å². The zero-order chi connectivity index (χ0) is 16.2. The third-order valence-electron chi connectivity index (χ3n) is 2.97. The first-order valence-corrected chi connectivity index (χ1v) is 6.66. The van der Waals surface area contributed by atoms with Gasteiger partial charge in [-0.3, -0.25) is 0 Å². The fourth-order valence-electron chi connectivity index (χ4n) is 1.82. The summed E-state index contributed by atoms with van der Waals surface area (Å²) in [6.45, 7) is 2.14. The Morgan fingerprint density at radius 2 is 1.50 bits per heavy atom. The smallest absolute Gasteiger partial charge is 0.489 e. The van der Waals surface area contributed by atoms with Gasteiger partial charge < -0.3 is 15.2 Å². The fraction of sp³-hybridized carbons (Fsp3) is 0.250. The molecule has 0 aliphatic rings. The Bertz CT molecular complexity index is 592. The summed E-state index contributed by atoms with van der Waals surface area (Å²) in [6, 6.07) is 12.9. The Kier molecular flexibility index (Phi) is 4.92. The van der Waals surface area contributed by atoms with Crippen molar-refractivity contribution in [2.45, 2.75) is 25.9 Å². The lowest BCUT2D eigenvalue weighted by atomic mass is 10.1. The minimum Gasteiger partial charge on any atom is -0.489 e. The minimum absolute atomic E-state index is 0.0461. The Balaban J connectivity index is 1.91. The molecule has 0 fully saturated rings. The molecule has 0 saturated heterocycles. The Labute approximate surface area is 126 Å². The number of alkyl halides is 3. The molecule has 0 bridgehead atoms. The van der Waals surface area contributed by atoms with Crippen LogP contribution in [-0.4, -0.2) is 6.36 Å². The average molecular weight is 311 g/mol. The molecule has 0 aromatic heterocycles. The van der Waals surface area contributed by atoms with Gasteiger partial charge in [0.15, 0.2) is 0 Å². The number of nitrogens with two attached hydrogens (primary N) is 1. The van der Waals surface area contributed by atoms with E-state index in [1.165, 1.54) is 24.3 Å². The Morgan fingerprint density at radius 3 is 2.00 bits per heavy atom. The van der Waals surface area contributed by atoms with Crippen LogP contribution in [0.25, 0.3) is 0 Å². The van der Waals surface area contributed by atoms with Crippen LogP contribution >= 0.6 is 0 Å². The number of rotatable bonds is 5. The van der Waals surface area contributed by atoms with Gasteiger partial charge in [0.05, 0.1) is 0 Å². The molecule has 0 radical (unpaired) electrons. The molecule has 6 heteroatoms. The summed E-state index contributed by atoms with van der Waals surface area (Å²) < 4.78 is 45.5. The quantitative estimate of drug-likeness (QED) is 0.900. The largest absolute Gasteiger partial charge is 0.573 e. The number of hydrogen-bond acceptors (Lipinski definition) is 3. The summed E-state index contributed by atoms with van der Waals surface area (Å²) in [5.74, 6) is 0.414. The van der Waals surface area contributed by atoms with E-state index in [-0.39, 0.29) is 18.4 Å². The number of benzene rings is 2. The van der Waals surface area contributed by atoms with Crippen molar-refractivity contribution in [2.24, 2.45) is 5.73 Å². The summed E-state index contributed by atoms with van der Waals surface area (Å²) in [5.41, 5.74) is 7.50. The van der Waals surface area contributed by atoms with Gasteiger partial charge in [-0.1, -0.05) is 24.3 Å². The zero-order valence-electron chi connectivity index (χ0n) is 11.9. The summed E-state index contributed by atoms with van der Waals surface area (Å²) in [4.78, 5) is 0. The van der Waals surface area contributed by atoms with E-state index in [0.717, 1.165) is 11.1 Å². The van der Waals surface area contributed by atoms with Crippen LogP contribution in [0.4, 0.5) is 13.2 Å². The van der Waals surface area contributed by atoms with Gasteiger partial charge in [0.25, 0.3) is 0 Å². The van der Waals surface area contributed by atoms with Crippen LogP contribution in [0.15, 0.2) is 48.5 Å². The second-order valence-electron chi connectivity index (χ2n) is 4.84. The lowest BCUT2D eigenvalue weighted by molar-refractivity contribution is -0.274. The highest BCUT2D eigenvalue weighted by Gasteiger charge is 2.30. The Hall–Kier alpha value is -2.21. The molecule has 1 atom stereocenters. The molecule has 22 heavy (non-hydrogen) atoms. The molecule has 0 unspecified atom stereocenters. The van der Waals surface area contributed by atoms with E-state index in [1.54, 1.807) is 12.1 Å². The van der Waals surface area contributed by atoms with Gasteiger partial charge in [-0.2, -0.15) is 0 Å². The van der Waals surface area contributed by atoms with Crippen molar-refractivity contribution < 1.29 is 22.6 Å². The molecule has 2 rings (SSSR count). The standard InChI is InChI=1S/C16H16F3NO2/c1-11(20)13-4-8-14(9-5-13)21-10-12-2-6-15(7-3-12)22-16(17,18)19/h2-9,11H,10,20H2,1H3/t11-/m1/s1. The molecule has 2 N–H and O–H groups in total. The lowest BCUT2D eigenvalue weighted by Crippen LogP contribution is -2.17. The SMILES string of the molecule is C[C@@H](N)c1ccc(OCc2ccc(OC(F)(F)F)cc2)cc1. The molecule has 0 amide bonds. The van der Waals surface area contributed by atoms with Gasteiger partial charge in [-0.15, -0.1) is 13.2 Å². The molecule has 2 aromatic carbocycles. The van der Waals surface area contributed by atoms with E-state index in [9.17, 15) is 13.2 Å². The van der Waals surface area contributed by atoms with E-state index >= 15 is 0 Å². The predicted octanol–water partition coefficient (Wildman–Crippen LogP) is 4.18. The van der Waals surface area contributed by atoms with Crippen LogP contribution in [0.5, 0.6) is 11.5 Å². The van der Waals surface area contributed by atoms with Crippen molar-refractivity contribution in [1.29, 1.82) is 0 Å². The van der Waals surface area contributed by atoms with Gasteiger partial charge in [-0.05, 0) is 42.3 Å². The van der Waals surface area contributed by atoms with E-state index in [0.29, 0.717) is 5.75 Å². The maximum Gasteiger partial charge on any atom is 0.573 e. The minimum atomic E-state index is -4.68. The fourth-order valence-corrected chi connectivity index (χ4v) is 1.82. The molecule has 0 heterocycles. The zero-order valence-corrected chi connectivity index (χ0v) is 11.9. The molecular formula is C16H16F3NO2. The van der Waals surface area contributed by atoms with E-state index < -0.39 is 6.36 Å². The summed E-state index contributed by atoms with van der Waals surface area (Å²) in [7, 11) is 0. The van der Waals surface area contributed by atoms with Crippen molar-refractivity contribution in [3.8, 4) is 11.5 Å². The third kappa shape index (κ3) is 4.96. The third-order valence-corrected chi connectivity index (χ3v) is 2.97. The van der Waals surface area contributed by atoms with Crippen LogP contribution in [0.1, 0.15) is 24.1 Å². The van der Waals surface area contributed by atoms with Gasteiger partial charge in [0, 0.05) is 6.04 Å². The first kappa shape index (κ1) is 16.2. The van der Waals surface area contributed by atoms with Crippen molar-refractivity contribution in [1.82, 2.24) is 0 Å². The van der Waals surface area contributed by atoms with Crippen LogP contribution in [0.2, 0.25) is 0 Å². The van der Waals surface area contributed by atoms with Gasteiger partial charge >= 0.3 is 6.36 Å². The molecule has 0 spiro atoms. The number of ether oxygens (including phenoxy) is 2. The van der Waals surface area contributed by atoms with Gasteiger partial charge in [0.2, 0.25) is 0 Å². The summed E-state index contributed by atoms with van der Waals surface area (Å²) in [5, 5.41) is 0. The van der Waals surface area contributed by atoms with Crippen LogP contribution in [0.3, 0.4) is 0 Å². The van der Waals surface area contributed by atoms with Crippen molar-refractivity contribution in [3.05, 3.63) is 59.7 Å².